The molecule has 2 fully saturated rings. The van der Waals surface area contributed by atoms with Crippen LogP contribution in [0, 0.1) is 36.4 Å². The van der Waals surface area contributed by atoms with E-state index in [1.807, 2.05) is 13.8 Å². The molecule has 6 nitrogen and oxygen atoms in total. The Hall–Kier alpha value is -2.74. The summed E-state index contributed by atoms with van der Waals surface area (Å²) in [5, 5.41) is 12.9. The molecule has 0 saturated heterocycles. The van der Waals surface area contributed by atoms with E-state index >= 15 is 0 Å². The van der Waals surface area contributed by atoms with Gasteiger partial charge in [0.2, 0.25) is 5.91 Å². The number of benzene rings is 1. The summed E-state index contributed by atoms with van der Waals surface area (Å²) in [6.07, 6.45) is 3.09. The molecule has 2 aliphatic rings. The second-order valence-electron chi connectivity index (χ2n) is 8.59. The van der Waals surface area contributed by atoms with Crippen LogP contribution >= 0.6 is 11.3 Å². The molecular weight excluding hydrogens is 433 g/mol. The molecule has 2 N–H and O–H groups in total. The molecule has 0 unspecified atom stereocenters. The third-order valence-electron chi connectivity index (χ3n) is 6.60. The Labute approximate surface area is 189 Å². The number of thiophene rings is 1. The maximum Gasteiger partial charge on any atom is 0.341 e. The van der Waals surface area contributed by atoms with E-state index < -0.39 is 23.8 Å². The smallest absolute Gasteiger partial charge is 0.341 e. The lowest BCUT2D eigenvalue weighted by molar-refractivity contribution is -0.148. The molecule has 4 atom stereocenters. The third kappa shape index (κ3) is 4.03. The largest absolute Gasteiger partial charge is 0.481 e. The first-order valence-electron chi connectivity index (χ1n) is 10.9. The zero-order chi connectivity index (χ0) is 23.0. The molecule has 1 amide bonds. The summed E-state index contributed by atoms with van der Waals surface area (Å²) in [7, 11) is 0. The third-order valence-corrected chi connectivity index (χ3v) is 7.62. The summed E-state index contributed by atoms with van der Waals surface area (Å²) in [5.74, 6) is -3.47. The number of carboxylic acids is 1. The lowest BCUT2D eigenvalue weighted by Crippen LogP contribution is -2.38. The zero-order valence-electron chi connectivity index (χ0n) is 18.0. The van der Waals surface area contributed by atoms with E-state index in [9.17, 15) is 23.9 Å². The van der Waals surface area contributed by atoms with Crippen molar-refractivity contribution in [1.82, 2.24) is 0 Å². The number of hydrogen-bond acceptors (Lipinski definition) is 5. The molecule has 1 aromatic carbocycles. The number of aryl methyl sites for hydroxylation is 1. The Bertz CT molecular complexity index is 1050. The molecule has 1 heterocycles. The normalized spacial score (nSPS) is 23.8. The molecule has 2 saturated carbocycles. The fourth-order valence-electron chi connectivity index (χ4n) is 5.28. The van der Waals surface area contributed by atoms with Gasteiger partial charge in [0, 0.05) is 10.4 Å². The highest BCUT2D eigenvalue weighted by Crippen LogP contribution is 2.53. The minimum Gasteiger partial charge on any atom is -0.481 e. The topological polar surface area (TPSA) is 92.7 Å². The predicted octanol–water partition coefficient (Wildman–Crippen LogP) is 5.11. The summed E-state index contributed by atoms with van der Waals surface area (Å²) in [6, 6.07) is 5.81. The SMILES string of the molecule is CCCOC(=O)c1c(NC(=O)[C@H]2[C@H]3CC[C@@H](C3)[C@H]2C(=O)O)sc(C)c1-c1ccc(F)cc1. The number of amides is 1. The first-order chi connectivity index (χ1) is 15.3. The molecule has 4 rings (SSSR count). The quantitative estimate of drug-likeness (QED) is 0.561. The summed E-state index contributed by atoms with van der Waals surface area (Å²) < 4.78 is 18.8. The second kappa shape index (κ2) is 9.02. The maximum atomic E-state index is 13.5. The van der Waals surface area contributed by atoms with Gasteiger partial charge in [-0.15, -0.1) is 11.3 Å². The summed E-state index contributed by atoms with van der Waals surface area (Å²) in [5.41, 5.74) is 1.47. The monoisotopic (exact) mass is 459 g/mol. The first-order valence-corrected chi connectivity index (χ1v) is 11.7. The fourth-order valence-corrected chi connectivity index (χ4v) is 6.34. The van der Waals surface area contributed by atoms with Gasteiger partial charge >= 0.3 is 11.9 Å². The number of carboxylic acid groups (broad SMARTS) is 1. The summed E-state index contributed by atoms with van der Waals surface area (Å²) in [4.78, 5) is 38.8. The Kier molecular flexibility index (Phi) is 6.33. The van der Waals surface area contributed by atoms with Crippen LogP contribution in [0.2, 0.25) is 0 Å². The van der Waals surface area contributed by atoms with E-state index in [-0.39, 0.29) is 35.7 Å². The number of hydrogen-bond donors (Lipinski definition) is 2. The zero-order valence-corrected chi connectivity index (χ0v) is 18.8. The van der Waals surface area contributed by atoms with Crippen LogP contribution in [0.25, 0.3) is 11.1 Å². The van der Waals surface area contributed by atoms with Crippen molar-refractivity contribution in [3.05, 3.63) is 40.5 Å². The molecular formula is C24H26FNO5S. The van der Waals surface area contributed by atoms with Crippen LogP contribution in [0.5, 0.6) is 0 Å². The minimum absolute atomic E-state index is 0.0297. The average molecular weight is 460 g/mol. The first kappa shape index (κ1) is 22.5. The number of nitrogens with one attached hydrogen (secondary N) is 1. The van der Waals surface area contributed by atoms with Gasteiger partial charge in [-0.2, -0.15) is 0 Å². The Morgan fingerprint density at radius 1 is 1.16 bits per heavy atom. The molecule has 2 bridgehead atoms. The molecule has 32 heavy (non-hydrogen) atoms. The van der Waals surface area contributed by atoms with E-state index in [0.29, 0.717) is 22.5 Å². The van der Waals surface area contributed by atoms with Gasteiger partial charge in [-0.25, -0.2) is 9.18 Å². The van der Waals surface area contributed by atoms with E-state index in [0.717, 1.165) is 24.1 Å². The van der Waals surface area contributed by atoms with E-state index in [1.54, 1.807) is 12.1 Å². The van der Waals surface area contributed by atoms with Crippen molar-refractivity contribution >= 4 is 34.2 Å². The lowest BCUT2D eigenvalue weighted by atomic mass is 9.78. The van der Waals surface area contributed by atoms with Crippen molar-refractivity contribution in [2.75, 3.05) is 11.9 Å². The predicted molar refractivity (Wildman–Crippen MR) is 119 cm³/mol. The number of aliphatic carboxylic acids is 1. The van der Waals surface area contributed by atoms with Gasteiger partial charge in [0.25, 0.3) is 0 Å². The van der Waals surface area contributed by atoms with Crippen LogP contribution in [0.1, 0.15) is 47.8 Å². The molecule has 2 aromatic rings. The van der Waals surface area contributed by atoms with E-state index in [1.165, 1.54) is 23.5 Å². The van der Waals surface area contributed by atoms with Crippen molar-refractivity contribution in [2.45, 2.75) is 39.5 Å². The summed E-state index contributed by atoms with van der Waals surface area (Å²) >= 11 is 1.24. The van der Waals surface area contributed by atoms with Crippen molar-refractivity contribution in [3.8, 4) is 11.1 Å². The van der Waals surface area contributed by atoms with Gasteiger partial charge in [-0.1, -0.05) is 19.1 Å². The standard InChI is InChI=1S/C24H26FNO5S/c1-3-10-31-24(30)20-17(13-6-8-16(25)9-7-13)12(2)32-22(20)26-21(27)18-14-4-5-15(11-14)19(18)23(28)29/h6-9,14-15,18-19H,3-5,10-11H2,1-2H3,(H,26,27)(H,28,29)/t14-,15-,18-,19+/m0/s1. The van der Waals surface area contributed by atoms with Gasteiger partial charge in [0.15, 0.2) is 0 Å². The molecule has 0 aliphatic heterocycles. The Morgan fingerprint density at radius 2 is 1.81 bits per heavy atom. The van der Waals surface area contributed by atoms with E-state index in [2.05, 4.69) is 5.32 Å². The highest BCUT2D eigenvalue weighted by Gasteiger charge is 2.54. The highest BCUT2D eigenvalue weighted by atomic mass is 32.1. The number of carbonyl (C=O) groups is 3. The number of rotatable bonds is 7. The van der Waals surface area contributed by atoms with E-state index in [4.69, 9.17) is 4.74 Å². The maximum absolute atomic E-state index is 13.5. The highest BCUT2D eigenvalue weighted by molar-refractivity contribution is 7.17. The van der Waals surface area contributed by atoms with Crippen LogP contribution in [-0.2, 0) is 14.3 Å². The summed E-state index contributed by atoms with van der Waals surface area (Å²) in [6.45, 7) is 3.95. The number of ether oxygens (including phenoxy) is 1. The van der Waals surface area contributed by atoms with Gasteiger partial charge < -0.3 is 15.2 Å². The second-order valence-corrected chi connectivity index (χ2v) is 9.82. The van der Waals surface area contributed by atoms with Crippen molar-refractivity contribution < 1.29 is 28.6 Å². The molecule has 170 valence electrons. The van der Waals surface area contributed by atoms with Crippen LogP contribution < -0.4 is 5.32 Å². The van der Waals surface area contributed by atoms with Crippen molar-refractivity contribution in [3.63, 3.8) is 0 Å². The van der Waals surface area contributed by atoms with Gasteiger partial charge in [0.1, 0.15) is 16.4 Å². The average Bonchev–Trinajstić information content (AvgIpc) is 3.45. The minimum atomic E-state index is -0.936. The van der Waals surface area contributed by atoms with Crippen LogP contribution in [0.15, 0.2) is 24.3 Å². The van der Waals surface area contributed by atoms with Gasteiger partial charge in [0.05, 0.1) is 18.4 Å². The molecule has 0 radical (unpaired) electrons. The van der Waals surface area contributed by atoms with Gasteiger partial charge in [-0.3, -0.25) is 9.59 Å². The van der Waals surface area contributed by atoms with Gasteiger partial charge in [-0.05, 0) is 62.1 Å². The molecule has 2 aliphatic carbocycles. The van der Waals surface area contributed by atoms with Crippen LogP contribution in [0.3, 0.4) is 0 Å². The molecule has 1 aromatic heterocycles. The van der Waals surface area contributed by atoms with Crippen molar-refractivity contribution in [1.29, 1.82) is 0 Å². The Balaban J connectivity index is 1.69. The Morgan fingerprint density at radius 3 is 2.44 bits per heavy atom. The number of fused-ring (bicyclic) bond motifs is 2. The van der Waals surface area contributed by atoms with Crippen LogP contribution in [-0.4, -0.2) is 29.6 Å². The number of halogens is 1. The molecule has 8 heteroatoms. The number of carbonyl (C=O) groups excluding carboxylic acids is 2. The number of anilines is 1. The number of esters is 1. The lowest BCUT2D eigenvalue weighted by Gasteiger charge is -2.27. The fraction of sp³-hybridized carbons (Fsp3) is 0.458. The molecule has 0 spiro atoms. The van der Waals surface area contributed by atoms with Crippen LogP contribution in [0.4, 0.5) is 9.39 Å². The van der Waals surface area contributed by atoms with Crippen molar-refractivity contribution in [2.24, 2.45) is 23.7 Å².